The van der Waals surface area contributed by atoms with E-state index >= 15 is 0 Å². The first kappa shape index (κ1) is 23.9. The van der Waals surface area contributed by atoms with Crippen molar-refractivity contribution in [3.05, 3.63) is 70.7 Å². The van der Waals surface area contributed by atoms with E-state index in [-0.39, 0.29) is 11.8 Å². The summed E-state index contributed by atoms with van der Waals surface area (Å²) in [4.78, 5) is 27.9. The second-order valence-corrected chi connectivity index (χ2v) is 7.49. The van der Waals surface area contributed by atoms with Crippen molar-refractivity contribution in [1.29, 1.82) is 0 Å². The zero-order chi connectivity index (χ0) is 21.8. The van der Waals surface area contributed by atoms with E-state index in [0.717, 1.165) is 17.5 Å². The summed E-state index contributed by atoms with van der Waals surface area (Å²) in [5.74, 6) is -0.234. The predicted molar refractivity (Wildman–Crippen MR) is 120 cm³/mol. The number of nitrogens with zero attached hydrogens (tertiary/aromatic N) is 1. The van der Waals surface area contributed by atoms with Gasteiger partial charge in [-0.25, -0.2) is 0 Å². The van der Waals surface area contributed by atoms with Crippen LogP contribution in [0.2, 0.25) is 5.02 Å². The molecular formula is C24H31ClN2O3. The largest absolute Gasteiger partial charge is 0.382 e. The summed E-state index contributed by atoms with van der Waals surface area (Å²) in [5, 5.41) is 3.61. The number of benzene rings is 2. The molecule has 0 heterocycles. The van der Waals surface area contributed by atoms with Gasteiger partial charge in [0.05, 0.1) is 0 Å². The van der Waals surface area contributed by atoms with E-state index in [1.807, 2.05) is 56.3 Å². The zero-order valence-electron chi connectivity index (χ0n) is 17.8. The van der Waals surface area contributed by atoms with Gasteiger partial charge >= 0.3 is 0 Å². The van der Waals surface area contributed by atoms with Gasteiger partial charge in [-0.05, 0) is 43.0 Å². The summed E-state index contributed by atoms with van der Waals surface area (Å²) in [5.41, 5.74) is 1.71. The Bertz CT molecular complexity index is 781. The van der Waals surface area contributed by atoms with E-state index in [9.17, 15) is 9.59 Å². The van der Waals surface area contributed by atoms with Gasteiger partial charge in [0.15, 0.2) is 0 Å². The molecule has 2 rings (SSSR count). The maximum absolute atomic E-state index is 13.2. The molecule has 2 aromatic carbocycles. The van der Waals surface area contributed by atoms with Crippen molar-refractivity contribution < 1.29 is 14.3 Å². The summed E-state index contributed by atoms with van der Waals surface area (Å²) in [6.07, 6.45) is 1.82. The first-order valence-electron chi connectivity index (χ1n) is 10.5. The van der Waals surface area contributed by atoms with Gasteiger partial charge in [0, 0.05) is 37.7 Å². The van der Waals surface area contributed by atoms with Crippen molar-refractivity contribution in [2.24, 2.45) is 0 Å². The highest BCUT2D eigenvalue weighted by Gasteiger charge is 2.30. The number of rotatable bonds is 12. The Morgan fingerprint density at radius 3 is 2.40 bits per heavy atom. The van der Waals surface area contributed by atoms with Crippen LogP contribution < -0.4 is 5.32 Å². The number of carbonyl (C=O) groups excluding carboxylic acids is 2. The van der Waals surface area contributed by atoms with Crippen LogP contribution in [-0.4, -0.2) is 36.5 Å². The summed E-state index contributed by atoms with van der Waals surface area (Å²) in [6, 6.07) is 16.1. The lowest BCUT2D eigenvalue weighted by atomic mass is 10.0. The SMILES string of the molecule is CCCC(=O)N(Cc1ccc(Cl)cc1)C(C(=O)NCCCOCC)c1ccccc1. The molecule has 0 saturated heterocycles. The number of halogens is 1. The van der Waals surface area contributed by atoms with E-state index in [1.165, 1.54) is 0 Å². The standard InChI is InChI=1S/C24H31ClN2O3/c1-3-9-22(28)27(18-19-12-14-21(25)15-13-19)23(20-10-6-5-7-11-20)24(29)26-16-8-17-30-4-2/h5-7,10-15,23H,3-4,8-9,16-18H2,1-2H3,(H,26,29). The van der Waals surface area contributed by atoms with Crippen LogP contribution in [-0.2, 0) is 20.9 Å². The second kappa shape index (κ2) is 13.0. The van der Waals surface area contributed by atoms with Crippen LogP contribution >= 0.6 is 11.6 Å². The van der Waals surface area contributed by atoms with E-state index in [4.69, 9.17) is 16.3 Å². The third kappa shape index (κ3) is 7.47. The number of nitrogens with one attached hydrogen (secondary N) is 1. The Morgan fingerprint density at radius 2 is 1.77 bits per heavy atom. The Labute approximate surface area is 184 Å². The molecule has 1 atom stereocenters. The van der Waals surface area contributed by atoms with Crippen LogP contribution in [0.4, 0.5) is 0 Å². The molecule has 0 radical (unpaired) electrons. The number of amides is 2. The topological polar surface area (TPSA) is 58.6 Å². The average Bonchev–Trinajstić information content (AvgIpc) is 2.75. The highest BCUT2D eigenvalue weighted by Crippen LogP contribution is 2.25. The molecular weight excluding hydrogens is 400 g/mol. The minimum Gasteiger partial charge on any atom is -0.382 e. The Kier molecular flexibility index (Phi) is 10.4. The van der Waals surface area contributed by atoms with Gasteiger partial charge in [-0.1, -0.05) is 61.0 Å². The van der Waals surface area contributed by atoms with Gasteiger partial charge in [0.25, 0.3) is 0 Å². The fraction of sp³-hybridized carbons (Fsp3) is 0.417. The van der Waals surface area contributed by atoms with Crippen molar-refractivity contribution in [3.63, 3.8) is 0 Å². The molecule has 162 valence electrons. The van der Waals surface area contributed by atoms with E-state index in [0.29, 0.717) is 44.2 Å². The zero-order valence-corrected chi connectivity index (χ0v) is 18.5. The molecule has 0 spiro atoms. The Hall–Kier alpha value is -2.37. The number of hydrogen-bond donors (Lipinski definition) is 1. The maximum atomic E-state index is 13.2. The van der Waals surface area contributed by atoms with Crippen LogP contribution in [0, 0.1) is 0 Å². The number of ether oxygens (including phenoxy) is 1. The lowest BCUT2D eigenvalue weighted by molar-refractivity contribution is -0.141. The lowest BCUT2D eigenvalue weighted by Crippen LogP contribution is -2.43. The van der Waals surface area contributed by atoms with Crippen molar-refractivity contribution in [3.8, 4) is 0 Å². The molecule has 0 aliphatic heterocycles. The van der Waals surface area contributed by atoms with Crippen molar-refractivity contribution in [1.82, 2.24) is 10.2 Å². The van der Waals surface area contributed by atoms with Gasteiger partial charge in [-0.2, -0.15) is 0 Å². The highest BCUT2D eigenvalue weighted by molar-refractivity contribution is 6.30. The average molecular weight is 431 g/mol. The second-order valence-electron chi connectivity index (χ2n) is 7.05. The van der Waals surface area contributed by atoms with Gasteiger partial charge in [-0.3, -0.25) is 9.59 Å². The van der Waals surface area contributed by atoms with Crippen LogP contribution in [0.5, 0.6) is 0 Å². The van der Waals surface area contributed by atoms with Crippen LogP contribution in [0.3, 0.4) is 0 Å². The Balaban J connectivity index is 2.28. The third-order valence-electron chi connectivity index (χ3n) is 4.69. The maximum Gasteiger partial charge on any atom is 0.247 e. The van der Waals surface area contributed by atoms with Crippen LogP contribution in [0.25, 0.3) is 0 Å². The molecule has 0 aliphatic carbocycles. The van der Waals surface area contributed by atoms with E-state index < -0.39 is 6.04 Å². The monoisotopic (exact) mass is 430 g/mol. The third-order valence-corrected chi connectivity index (χ3v) is 4.95. The first-order valence-corrected chi connectivity index (χ1v) is 10.9. The van der Waals surface area contributed by atoms with Gasteiger partial charge in [-0.15, -0.1) is 0 Å². The van der Waals surface area contributed by atoms with Crippen molar-refractivity contribution >= 4 is 23.4 Å². The minimum absolute atomic E-state index is 0.0502. The summed E-state index contributed by atoms with van der Waals surface area (Å²) in [7, 11) is 0. The molecule has 0 saturated carbocycles. The highest BCUT2D eigenvalue weighted by atomic mass is 35.5. The minimum atomic E-state index is -0.701. The van der Waals surface area contributed by atoms with Crippen LogP contribution in [0.1, 0.15) is 50.3 Å². The van der Waals surface area contributed by atoms with E-state index in [2.05, 4.69) is 5.32 Å². The normalized spacial score (nSPS) is 11.7. The molecule has 6 heteroatoms. The van der Waals surface area contributed by atoms with Crippen molar-refractivity contribution in [2.45, 2.75) is 45.7 Å². The summed E-state index contributed by atoms with van der Waals surface area (Å²) in [6.45, 7) is 5.99. The van der Waals surface area contributed by atoms with E-state index in [1.54, 1.807) is 17.0 Å². The molecule has 30 heavy (non-hydrogen) atoms. The fourth-order valence-electron chi connectivity index (χ4n) is 3.20. The predicted octanol–water partition coefficient (Wildman–Crippen LogP) is 4.75. The quantitative estimate of drug-likeness (QED) is 0.494. The summed E-state index contributed by atoms with van der Waals surface area (Å²) < 4.78 is 5.34. The van der Waals surface area contributed by atoms with Crippen molar-refractivity contribution in [2.75, 3.05) is 19.8 Å². The molecule has 1 unspecified atom stereocenters. The van der Waals surface area contributed by atoms with Gasteiger partial charge < -0.3 is 15.0 Å². The molecule has 2 amide bonds. The smallest absolute Gasteiger partial charge is 0.247 e. The molecule has 0 aliphatic rings. The molecule has 2 aromatic rings. The van der Waals surface area contributed by atoms with Gasteiger partial charge in [0.1, 0.15) is 6.04 Å². The van der Waals surface area contributed by atoms with Gasteiger partial charge in [0.2, 0.25) is 11.8 Å². The molecule has 0 fully saturated rings. The Morgan fingerprint density at radius 1 is 1.07 bits per heavy atom. The van der Waals surface area contributed by atoms with Crippen LogP contribution in [0.15, 0.2) is 54.6 Å². The molecule has 5 nitrogen and oxygen atoms in total. The molecule has 1 N–H and O–H groups in total. The fourth-order valence-corrected chi connectivity index (χ4v) is 3.33. The first-order chi connectivity index (χ1) is 14.6. The molecule has 0 bridgehead atoms. The lowest BCUT2D eigenvalue weighted by Gasteiger charge is -2.31. The number of carbonyl (C=O) groups is 2. The summed E-state index contributed by atoms with van der Waals surface area (Å²) >= 11 is 6.01. The number of hydrogen-bond acceptors (Lipinski definition) is 3. The molecule has 0 aromatic heterocycles.